The van der Waals surface area contributed by atoms with Crippen LogP contribution in [-0.4, -0.2) is 20.2 Å². The summed E-state index contributed by atoms with van der Waals surface area (Å²) in [4.78, 5) is 7.28. The summed E-state index contributed by atoms with van der Waals surface area (Å²) in [7, 11) is 0. The van der Waals surface area contributed by atoms with Crippen LogP contribution in [0.5, 0.6) is 5.75 Å². The number of hydrogen-bond donors (Lipinski definition) is 3. The van der Waals surface area contributed by atoms with E-state index in [1.165, 1.54) is 0 Å². The molecule has 4 nitrogen and oxygen atoms in total. The number of pyridine rings is 1. The molecular weight excluding hydrogens is 312 g/mol. The Balaban J connectivity index is 1.89. The Labute approximate surface area is 145 Å². The average Bonchev–Trinajstić information content (AvgIpc) is 3.10. The number of aliphatic hydroxyl groups is 1. The topological polar surface area (TPSA) is 69.1 Å². The monoisotopic (exact) mass is 330 g/mol. The van der Waals surface area contributed by atoms with Gasteiger partial charge >= 0.3 is 0 Å². The van der Waals surface area contributed by atoms with E-state index < -0.39 is 5.60 Å². The van der Waals surface area contributed by atoms with E-state index >= 15 is 0 Å². The Bertz CT molecular complexity index is 1040. The summed E-state index contributed by atoms with van der Waals surface area (Å²) in [6.07, 6.45) is 5.19. The number of rotatable bonds is 3. The second-order valence-electron chi connectivity index (χ2n) is 6.33. The molecule has 124 valence electrons. The first kappa shape index (κ1) is 15.4. The molecule has 1 atom stereocenters. The molecule has 1 unspecified atom stereocenters. The van der Waals surface area contributed by atoms with Gasteiger partial charge in [-0.3, -0.25) is 4.98 Å². The van der Waals surface area contributed by atoms with Gasteiger partial charge < -0.3 is 15.2 Å². The van der Waals surface area contributed by atoms with Crippen LogP contribution in [0.4, 0.5) is 0 Å². The van der Waals surface area contributed by atoms with Gasteiger partial charge in [0.2, 0.25) is 0 Å². The van der Waals surface area contributed by atoms with Gasteiger partial charge in [0.05, 0.1) is 0 Å². The molecule has 4 rings (SSSR count). The van der Waals surface area contributed by atoms with Crippen molar-refractivity contribution in [3.8, 4) is 16.9 Å². The van der Waals surface area contributed by atoms with Crippen molar-refractivity contribution in [1.29, 1.82) is 0 Å². The van der Waals surface area contributed by atoms with Gasteiger partial charge in [-0.2, -0.15) is 0 Å². The van der Waals surface area contributed by atoms with Gasteiger partial charge in [-0.1, -0.05) is 18.2 Å². The normalized spacial score (nSPS) is 13.7. The number of nitrogens with one attached hydrogen (secondary N) is 1. The maximum Gasteiger partial charge on any atom is 0.116 e. The van der Waals surface area contributed by atoms with Gasteiger partial charge in [0, 0.05) is 35.1 Å². The van der Waals surface area contributed by atoms with Gasteiger partial charge in [0.15, 0.2) is 0 Å². The van der Waals surface area contributed by atoms with Gasteiger partial charge in [-0.25, -0.2) is 0 Å². The zero-order valence-electron chi connectivity index (χ0n) is 13.8. The summed E-state index contributed by atoms with van der Waals surface area (Å²) >= 11 is 0. The molecule has 4 heteroatoms. The van der Waals surface area contributed by atoms with Crippen molar-refractivity contribution in [1.82, 2.24) is 9.97 Å². The van der Waals surface area contributed by atoms with Gasteiger partial charge in [0.1, 0.15) is 11.4 Å². The molecule has 0 saturated carbocycles. The molecule has 0 amide bonds. The molecule has 0 fully saturated rings. The van der Waals surface area contributed by atoms with E-state index in [4.69, 9.17) is 0 Å². The Morgan fingerprint density at radius 1 is 1.00 bits per heavy atom. The highest BCUT2D eigenvalue weighted by molar-refractivity contribution is 5.95. The summed E-state index contributed by atoms with van der Waals surface area (Å²) in [6.45, 7) is 1.71. The number of benzene rings is 2. The number of H-pyrrole nitrogens is 1. The lowest BCUT2D eigenvalue weighted by atomic mass is 9.87. The molecular formula is C21H18N2O2. The summed E-state index contributed by atoms with van der Waals surface area (Å²) < 4.78 is 0. The summed E-state index contributed by atoms with van der Waals surface area (Å²) in [6, 6.07) is 16.8. The minimum atomic E-state index is -1.26. The molecule has 4 aromatic rings. The van der Waals surface area contributed by atoms with Gasteiger partial charge in [-0.15, -0.1) is 0 Å². The predicted octanol–water partition coefficient (Wildman–Crippen LogP) is 4.19. The molecule has 0 aliphatic heterocycles. The van der Waals surface area contributed by atoms with Crippen LogP contribution in [0, 0.1) is 0 Å². The molecule has 0 radical (unpaired) electrons. The van der Waals surface area contributed by atoms with Crippen LogP contribution in [-0.2, 0) is 5.60 Å². The maximum absolute atomic E-state index is 11.1. The molecule has 0 bridgehead atoms. The first-order valence-electron chi connectivity index (χ1n) is 8.09. The average molecular weight is 330 g/mol. The molecule has 0 aliphatic carbocycles. The van der Waals surface area contributed by atoms with Crippen molar-refractivity contribution in [2.45, 2.75) is 12.5 Å². The Morgan fingerprint density at radius 2 is 1.88 bits per heavy atom. The SMILES string of the molecule is CC(O)(c1cccnc1)c1cc(O)cc(-c2cccc3[nH]ccc23)c1. The second-order valence-corrected chi connectivity index (χ2v) is 6.33. The third-order valence-electron chi connectivity index (χ3n) is 4.61. The van der Waals surface area contributed by atoms with Crippen LogP contribution >= 0.6 is 0 Å². The lowest BCUT2D eigenvalue weighted by molar-refractivity contribution is 0.102. The molecule has 25 heavy (non-hydrogen) atoms. The van der Waals surface area contributed by atoms with Crippen molar-refractivity contribution in [2.24, 2.45) is 0 Å². The highest BCUT2D eigenvalue weighted by atomic mass is 16.3. The lowest BCUT2D eigenvalue weighted by Gasteiger charge is -2.25. The summed E-state index contributed by atoms with van der Waals surface area (Å²) in [5, 5.41) is 22.4. The van der Waals surface area contributed by atoms with E-state index in [1.54, 1.807) is 37.5 Å². The number of aromatic amines is 1. The predicted molar refractivity (Wildman–Crippen MR) is 98.3 cm³/mol. The first-order valence-corrected chi connectivity index (χ1v) is 8.09. The minimum absolute atomic E-state index is 0.115. The quantitative estimate of drug-likeness (QED) is 0.527. The van der Waals surface area contributed by atoms with Crippen LogP contribution in [0.25, 0.3) is 22.0 Å². The molecule has 0 aliphatic rings. The number of aromatic hydroxyl groups is 1. The van der Waals surface area contributed by atoms with Crippen LogP contribution in [0.1, 0.15) is 18.1 Å². The van der Waals surface area contributed by atoms with E-state index in [-0.39, 0.29) is 5.75 Å². The Kier molecular flexibility index (Phi) is 3.55. The van der Waals surface area contributed by atoms with E-state index in [0.717, 1.165) is 22.0 Å². The van der Waals surface area contributed by atoms with Crippen molar-refractivity contribution in [2.75, 3.05) is 0 Å². The highest BCUT2D eigenvalue weighted by Crippen LogP contribution is 2.36. The van der Waals surface area contributed by atoms with Crippen molar-refractivity contribution in [3.63, 3.8) is 0 Å². The van der Waals surface area contributed by atoms with Gasteiger partial charge in [-0.05, 0) is 60.0 Å². The molecule has 2 heterocycles. The fraction of sp³-hybridized carbons (Fsp3) is 0.0952. The maximum atomic E-state index is 11.1. The zero-order valence-corrected chi connectivity index (χ0v) is 13.8. The molecule has 0 spiro atoms. The van der Waals surface area contributed by atoms with Crippen LogP contribution < -0.4 is 0 Å². The number of hydrogen-bond acceptors (Lipinski definition) is 3. The van der Waals surface area contributed by atoms with Crippen molar-refractivity contribution in [3.05, 3.63) is 84.3 Å². The molecule has 3 N–H and O–H groups in total. The van der Waals surface area contributed by atoms with Gasteiger partial charge in [0.25, 0.3) is 0 Å². The Morgan fingerprint density at radius 3 is 2.68 bits per heavy atom. The molecule has 2 aromatic carbocycles. The number of phenolic OH excluding ortho intramolecular Hbond substituents is 1. The third kappa shape index (κ3) is 2.66. The summed E-state index contributed by atoms with van der Waals surface area (Å²) in [5.74, 6) is 0.115. The highest BCUT2D eigenvalue weighted by Gasteiger charge is 2.27. The van der Waals surface area contributed by atoms with E-state index in [0.29, 0.717) is 11.1 Å². The number of nitrogens with zero attached hydrogens (tertiary/aromatic N) is 1. The fourth-order valence-corrected chi connectivity index (χ4v) is 3.20. The smallest absolute Gasteiger partial charge is 0.116 e. The minimum Gasteiger partial charge on any atom is -0.508 e. The number of aromatic nitrogens is 2. The van der Waals surface area contributed by atoms with E-state index in [9.17, 15) is 10.2 Å². The summed E-state index contributed by atoms with van der Waals surface area (Å²) in [5.41, 5.74) is 2.91. The fourth-order valence-electron chi connectivity index (χ4n) is 3.20. The second kappa shape index (κ2) is 5.76. The lowest BCUT2D eigenvalue weighted by Crippen LogP contribution is -2.22. The molecule has 0 saturated heterocycles. The standard InChI is InChI=1S/C21H18N2O2/c1-21(25,15-4-3-8-22-13-15)16-10-14(11-17(24)12-16)18-5-2-6-20-19(18)7-9-23-20/h2-13,23-25H,1H3. The largest absolute Gasteiger partial charge is 0.508 e. The first-order chi connectivity index (χ1) is 12.1. The van der Waals surface area contributed by atoms with E-state index in [2.05, 4.69) is 9.97 Å². The number of phenols is 1. The zero-order chi connectivity index (χ0) is 17.4. The Hall–Kier alpha value is -3.11. The van der Waals surface area contributed by atoms with E-state index in [1.807, 2.05) is 42.6 Å². The number of fused-ring (bicyclic) bond motifs is 1. The van der Waals surface area contributed by atoms with Crippen molar-refractivity contribution < 1.29 is 10.2 Å². The van der Waals surface area contributed by atoms with Crippen LogP contribution in [0.2, 0.25) is 0 Å². The van der Waals surface area contributed by atoms with Crippen molar-refractivity contribution >= 4 is 10.9 Å². The van der Waals surface area contributed by atoms with Crippen LogP contribution in [0.15, 0.2) is 73.2 Å². The third-order valence-corrected chi connectivity index (χ3v) is 4.61. The van der Waals surface area contributed by atoms with Crippen LogP contribution in [0.3, 0.4) is 0 Å². The molecule has 2 aromatic heterocycles.